The Kier molecular flexibility index (Phi) is 7.22. The average Bonchev–Trinajstić information content (AvgIpc) is 2.75. The lowest BCUT2D eigenvalue weighted by molar-refractivity contribution is -0.137. The SMILES string of the molecule is CCOC(=O)/C=C/c1ccc(NC2CCN(C(=O)Nc3ccccc3)CC2)nc1. The van der Waals surface area contributed by atoms with Crippen LogP contribution in [0.2, 0.25) is 0 Å². The number of rotatable bonds is 6. The first-order valence-corrected chi connectivity index (χ1v) is 9.82. The number of esters is 1. The highest BCUT2D eigenvalue weighted by Crippen LogP contribution is 2.17. The number of likely N-dealkylation sites (tertiary alicyclic amines) is 1. The van der Waals surface area contributed by atoms with E-state index in [-0.39, 0.29) is 18.0 Å². The van der Waals surface area contributed by atoms with Gasteiger partial charge in [-0.3, -0.25) is 0 Å². The van der Waals surface area contributed by atoms with E-state index in [9.17, 15) is 9.59 Å². The number of hydrogen-bond donors (Lipinski definition) is 2. The normalized spacial score (nSPS) is 14.6. The zero-order valence-corrected chi connectivity index (χ0v) is 16.5. The first-order valence-electron chi connectivity index (χ1n) is 9.82. The topological polar surface area (TPSA) is 83.6 Å². The molecule has 0 unspecified atom stereocenters. The van der Waals surface area contributed by atoms with Gasteiger partial charge < -0.3 is 20.3 Å². The van der Waals surface area contributed by atoms with Crippen molar-refractivity contribution < 1.29 is 14.3 Å². The van der Waals surface area contributed by atoms with Crippen LogP contribution in [0.4, 0.5) is 16.3 Å². The van der Waals surface area contributed by atoms with Crippen LogP contribution >= 0.6 is 0 Å². The molecule has 1 fully saturated rings. The summed E-state index contributed by atoms with van der Waals surface area (Å²) in [6.07, 6.45) is 6.49. The Labute approximate surface area is 170 Å². The lowest BCUT2D eigenvalue weighted by Crippen LogP contribution is -2.44. The van der Waals surface area contributed by atoms with E-state index in [4.69, 9.17) is 4.74 Å². The molecule has 0 saturated carbocycles. The molecule has 29 heavy (non-hydrogen) atoms. The fourth-order valence-electron chi connectivity index (χ4n) is 3.10. The van der Waals surface area contributed by atoms with Crippen LogP contribution in [0.3, 0.4) is 0 Å². The quantitative estimate of drug-likeness (QED) is 0.576. The summed E-state index contributed by atoms with van der Waals surface area (Å²) >= 11 is 0. The van der Waals surface area contributed by atoms with Crippen LogP contribution in [0.15, 0.2) is 54.7 Å². The predicted octanol–water partition coefficient (Wildman–Crippen LogP) is 3.77. The molecule has 2 aromatic rings. The summed E-state index contributed by atoms with van der Waals surface area (Å²) in [7, 11) is 0. The number of piperidine rings is 1. The van der Waals surface area contributed by atoms with Crippen molar-refractivity contribution in [1.29, 1.82) is 0 Å². The van der Waals surface area contributed by atoms with Crippen LogP contribution in [0.5, 0.6) is 0 Å². The molecule has 0 aliphatic carbocycles. The van der Waals surface area contributed by atoms with Gasteiger partial charge in [-0.2, -0.15) is 0 Å². The molecule has 1 aromatic heterocycles. The van der Waals surface area contributed by atoms with Crippen LogP contribution in [0.25, 0.3) is 6.08 Å². The number of nitrogens with zero attached hydrogens (tertiary/aromatic N) is 2. The molecular formula is C22H26N4O3. The number of amides is 2. The van der Waals surface area contributed by atoms with Gasteiger partial charge in [0.05, 0.1) is 6.61 Å². The smallest absolute Gasteiger partial charge is 0.330 e. The molecule has 1 saturated heterocycles. The maximum atomic E-state index is 12.4. The maximum Gasteiger partial charge on any atom is 0.330 e. The third-order valence-electron chi connectivity index (χ3n) is 4.64. The molecule has 7 heteroatoms. The molecule has 1 aliphatic rings. The van der Waals surface area contributed by atoms with Gasteiger partial charge in [-0.25, -0.2) is 14.6 Å². The lowest BCUT2D eigenvalue weighted by Gasteiger charge is -2.32. The predicted molar refractivity (Wildman–Crippen MR) is 114 cm³/mol. The Bertz CT molecular complexity index is 829. The molecule has 0 spiro atoms. The number of carbonyl (C=O) groups excluding carboxylic acids is 2. The molecular weight excluding hydrogens is 368 g/mol. The highest BCUT2D eigenvalue weighted by Gasteiger charge is 2.22. The maximum absolute atomic E-state index is 12.4. The van der Waals surface area contributed by atoms with Gasteiger partial charge in [-0.05, 0) is 55.7 Å². The summed E-state index contributed by atoms with van der Waals surface area (Å²) in [6.45, 7) is 3.51. The van der Waals surface area contributed by atoms with Crippen LogP contribution in [-0.2, 0) is 9.53 Å². The zero-order chi connectivity index (χ0) is 20.5. The van der Waals surface area contributed by atoms with E-state index in [2.05, 4.69) is 15.6 Å². The fraction of sp³-hybridized carbons (Fsp3) is 0.318. The Morgan fingerprint density at radius 2 is 1.93 bits per heavy atom. The van der Waals surface area contributed by atoms with E-state index in [0.717, 1.165) is 29.9 Å². The van der Waals surface area contributed by atoms with Crippen molar-refractivity contribution in [3.63, 3.8) is 0 Å². The van der Waals surface area contributed by atoms with Gasteiger partial charge in [0.1, 0.15) is 5.82 Å². The Balaban J connectivity index is 1.44. The number of benzene rings is 1. The molecule has 0 bridgehead atoms. The lowest BCUT2D eigenvalue weighted by atomic mass is 10.1. The van der Waals surface area contributed by atoms with E-state index < -0.39 is 0 Å². The largest absolute Gasteiger partial charge is 0.463 e. The summed E-state index contributed by atoms with van der Waals surface area (Å²) in [5, 5.41) is 6.34. The number of urea groups is 1. The third-order valence-corrected chi connectivity index (χ3v) is 4.64. The average molecular weight is 394 g/mol. The summed E-state index contributed by atoms with van der Waals surface area (Å²) in [6, 6.07) is 13.5. The Morgan fingerprint density at radius 1 is 1.17 bits per heavy atom. The highest BCUT2D eigenvalue weighted by atomic mass is 16.5. The molecule has 3 rings (SSSR count). The number of carbonyl (C=O) groups is 2. The van der Waals surface area contributed by atoms with Gasteiger partial charge in [-0.15, -0.1) is 0 Å². The molecule has 7 nitrogen and oxygen atoms in total. The molecule has 2 heterocycles. The van der Waals surface area contributed by atoms with Crippen LogP contribution in [0.1, 0.15) is 25.3 Å². The molecule has 152 valence electrons. The third kappa shape index (κ3) is 6.34. The molecule has 2 N–H and O–H groups in total. The molecule has 1 aromatic carbocycles. The Morgan fingerprint density at radius 3 is 2.59 bits per heavy atom. The van der Waals surface area contributed by atoms with E-state index in [0.29, 0.717) is 19.7 Å². The standard InChI is InChI=1S/C22H26N4O3/c1-2-29-21(27)11-9-17-8-10-20(23-16-17)24-19-12-14-26(15-13-19)22(28)25-18-6-4-3-5-7-18/h3-11,16,19H,2,12-15H2,1H3,(H,23,24)(H,25,28)/b11-9+. The van der Waals surface area contributed by atoms with Crippen molar-refractivity contribution in [3.8, 4) is 0 Å². The monoisotopic (exact) mass is 394 g/mol. The van der Waals surface area contributed by atoms with Gasteiger partial charge in [0, 0.05) is 37.1 Å². The van der Waals surface area contributed by atoms with Crippen molar-refractivity contribution in [1.82, 2.24) is 9.88 Å². The second-order valence-corrected chi connectivity index (χ2v) is 6.76. The number of ether oxygens (including phenoxy) is 1. The number of para-hydroxylation sites is 1. The number of nitrogens with one attached hydrogen (secondary N) is 2. The van der Waals surface area contributed by atoms with Crippen molar-refractivity contribution in [2.45, 2.75) is 25.8 Å². The zero-order valence-electron chi connectivity index (χ0n) is 16.5. The number of aromatic nitrogens is 1. The first-order chi connectivity index (χ1) is 14.1. The van der Waals surface area contributed by atoms with E-state index in [1.54, 1.807) is 19.2 Å². The van der Waals surface area contributed by atoms with Crippen LogP contribution in [0, 0.1) is 0 Å². The molecule has 0 radical (unpaired) electrons. The van der Waals surface area contributed by atoms with Crippen LogP contribution < -0.4 is 10.6 Å². The summed E-state index contributed by atoms with van der Waals surface area (Å²) in [5.41, 5.74) is 1.63. The summed E-state index contributed by atoms with van der Waals surface area (Å²) in [4.78, 5) is 29.9. The van der Waals surface area contributed by atoms with E-state index in [1.807, 2.05) is 47.4 Å². The van der Waals surface area contributed by atoms with Gasteiger partial charge in [-0.1, -0.05) is 18.2 Å². The number of hydrogen-bond acceptors (Lipinski definition) is 5. The first kappa shape index (κ1) is 20.4. The second-order valence-electron chi connectivity index (χ2n) is 6.76. The second kappa shape index (κ2) is 10.3. The van der Waals surface area contributed by atoms with Gasteiger partial charge in [0.2, 0.25) is 0 Å². The minimum absolute atomic E-state index is 0.0643. The fourth-order valence-corrected chi connectivity index (χ4v) is 3.10. The van der Waals surface area contributed by atoms with Gasteiger partial charge in [0.25, 0.3) is 0 Å². The van der Waals surface area contributed by atoms with Gasteiger partial charge >= 0.3 is 12.0 Å². The van der Waals surface area contributed by atoms with Gasteiger partial charge in [0.15, 0.2) is 0 Å². The molecule has 1 aliphatic heterocycles. The molecule has 2 amide bonds. The minimum atomic E-state index is -0.363. The Hall–Kier alpha value is -3.35. The molecule has 0 atom stereocenters. The van der Waals surface area contributed by atoms with Crippen LogP contribution in [-0.4, -0.2) is 47.6 Å². The van der Waals surface area contributed by atoms with Crippen molar-refractivity contribution in [3.05, 3.63) is 60.3 Å². The number of anilines is 2. The number of pyridine rings is 1. The van der Waals surface area contributed by atoms with Crippen molar-refractivity contribution in [2.24, 2.45) is 0 Å². The minimum Gasteiger partial charge on any atom is -0.463 e. The summed E-state index contributed by atoms with van der Waals surface area (Å²) < 4.78 is 4.86. The summed E-state index contributed by atoms with van der Waals surface area (Å²) in [5.74, 6) is 0.420. The van der Waals surface area contributed by atoms with E-state index >= 15 is 0 Å². The van der Waals surface area contributed by atoms with E-state index in [1.165, 1.54) is 6.08 Å². The van der Waals surface area contributed by atoms with Crippen molar-refractivity contribution >= 4 is 29.6 Å². The van der Waals surface area contributed by atoms with Crippen molar-refractivity contribution in [2.75, 3.05) is 30.3 Å². The highest BCUT2D eigenvalue weighted by molar-refractivity contribution is 5.89.